The van der Waals surface area contributed by atoms with Gasteiger partial charge in [-0.25, -0.2) is 0 Å². The number of unbranched alkanes of at least 4 members (excludes halogenated alkanes) is 4. The van der Waals surface area contributed by atoms with Crippen LogP contribution in [0.25, 0.3) is 0 Å². The van der Waals surface area contributed by atoms with E-state index in [9.17, 15) is 14.4 Å². The van der Waals surface area contributed by atoms with E-state index < -0.39 is 6.04 Å². The molecule has 1 aromatic carbocycles. The van der Waals surface area contributed by atoms with Crippen molar-refractivity contribution in [1.29, 1.82) is 0 Å². The van der Waals surface area contributed by atoms with E-state index in [-0.39, 0.29) is 24.1 Å². The van der Waals surface area contributed by atoms with Gasteiger partial charge in [-0.15, -0.1) is 0 Å². The highest BCUT2D eigenvalue weighted by Gasteiger charge is 2.47. The van der Waals surface area contributed by atoms with Crippen molar-refractivity contribution in [2.24, 2.45) is 5.41 Å². The number of nitrogens with zero attached hydrogens (tertiary/aromatic N) is 1. The van der Waals surface area contributed by atoms with Gasteiger partial charge >= 0.3 is 0 Å². The molecule has 180 valence electrons. The molecule has 1 spiro atoms. The van der Waals surface area contributed by atoms with Gasteiger partial charge in [0.05, 0.1) is 0 Å². The molecule has 34 heavy (non-hydrogen) atoms. The van der Waals surface area contributed by atoms with E-state index in [0.717, 1.165) is 42.0 Å². The molecule has 2 aliphatic carbocycles. The van der Waals surface area contributed by atoms with Gasteiger partial charge < -0.3 is 10.2 Å². The maximum absolute atomic E-state index is 12.9. The number of amides is 3. The fourth-order valence-corrected chi connectivity index (χ4v) is 6.07. The number of fused-ring (bicyclic) bond motifs is 1. The van der Waals surface area contributed by atoms with Crippen LogP contribution in [-0.2, 0) is 16.1 Å². The lowest BCUT2D eigenvalue weighted by Crippen LogP contribution is -2.52. The number of benzene rings is 1. The summed E-state index contributed by atoms with van der Waals surface area (Å²) in [6, 6.07) is 5.80. The van der Waals surface area contributed by atoms with Gasteiger partial charge in [0.25, 0.3) is 5.91 Å². The second-order valence-corrected chi connectivity index (χ2v) is 10.6. The molecule has 6 heteroatoms. The molecule has 1 saturated heterocycles. The van der Waals surface area contributed by atoms with Gasteiger partial charge in [0, 0.05) is 36.6 Å². The largest absolute Gasteiger partial charge is 0.322 e. The van der Waals surface area contributed by atoms with Crippen molar-refractivity contribution < 1.29 is 14.4 Å². The van der Waals surface area contributed by atoms with E-state index in [1.54, 1.807) is 11.0 Å². The first-order valence-electron chi connectivity index (χ1n) is 13.0. The van der Waals surface area contributed by atoms with Gasteiger partial charge in [-0.05, 0) is 74.6 Å². The molecule has 0 aromatic heterocycles. The molecule has 1 atom stereocenters. The molecule has 1 unspecified atom stereocenters. The summed E-state index contributed by atoms with van der Waals surface area (Å²) in [7, 11) is 0. The molecule has 3 fully saturated rings. The Kier molecular flexibility index (Phi) is 6.74. The Morgan fingerprint density at radius 3 is 2.68 bits per heavy atom. The fourth-order valence-electron chi connectivity index (χ4n) is 6.07. The van der Waals surface area contributed by atoms with Crippen LogP contribution >= 0.6 is 0 Å². The summed E-state index contributed by atoms with van der Waals surface area (Å²) >= 11 is 0. The first-order chi connectivity index (χ1) is 16.5. The van der Waals surface area contributed by atoms with E-state index in [1.807, 2.05) is 12.1 Å². The average Bonchev–Trinajstić information content (AvgIpc) is 3.09. The van der Waals surface area contributed by atoms with Crippen LogP contribution in [0.15, 0.2) is 18.2 Å². The summed E-state index contributed by atoms with van der Waals surface area (Å²) in [4.78, 5) is 38.2. The highest BCUT2D eigenvalue weighted by molar-refractivity contribution is 6.05. The summed E-state index contributed by atoms with van der Waals surface area (Å²) in [5, 5.41) is 6.07. The molecule has 6 nitrogen and oxygen atoms in total. The van der Waals surface area contributed by atoms with E-state index in [2.05, 4.69) is 22.5 Å². The van der Waals surface area contributed by atoms with Crippen molar-refractivity contribution >= 4 is 17.7 Å². The summed E-state index contributed by atoms with van der Waals surface area (Å²) in [6.07, 6.45) is 13.4. The van der Waals surface area contributed by atoms with Gasteiger partial charge in [-0.3, -0.25) is 19.7 Å². The maximum atomic E-state index is 12.9. The van der Waals surface area contributed by atoms with Gasteiger partial charge in [-0.1, -0.05) is 37.2 Å². The van der Waals surface area contributed by atoms with Crippen LogP contribution in [0.2, 0.25) is 0 Å². The third-order valence-electron chi connectivity index (χ3n) is 8.24. The van der Waals surface area contributed by atoms with Crippen LogP contribution in [-0.4, -0.2) is 41.2 Å². The van der Waals surface area contributed by atoms with Crippen LogP contribution in [0.1, 0.15) is 98.5 Å². The zero-order valence-electron chi connectivity index (χ0n) is 20.0. The minimum atomic E-state index is -0.587. The van der Waals surface area contributed by atoms with Crippen molar-refractivity contribution in [2.75, 3.05) is 6.54 Å². The molecule has 5 rings (SSSR count). The SMILES string of the molecule is O=C1CCC(N2Cc3c(C#CCCCCCCNC4CC5(CCC5)C4)cccc3C2=O)C(=O)N1. The van der Waals surface area contributed by atoms with E-state index >= 15 is 0 Å². The number of nitrogens with one attached hydrogen (secondary N) is 2. The van der Waals surface area contributed by atoms with Crippen LogP contribution in [0, 0.1) is 17.3 Å². The number of hydrogen-bond donors (Lipinski definition) is 2. The first kappa shape index (κ1) is 23.1. The highest BCUT2D eigenvalue weighted by Crippen LogP contribution is 2.55. The predicted octanol–water partition coefficient (Wildman–Crippen LogP) is 3.67. The van der Waals surface area contributed by atoms with Gasteiger partial charge in [0.15, 0.2) is 0 Å². The number of hydrogen-bond acceptors (Lipinski definition) is 4. The van der Waals surface area contributed by atoms with Gasteiger partial charge in [0.1, 0.15) is 6.04 Å². The second kappa shape index (κ2) is 9.92. The number of carbonyl (C=O) groups excluding carboxylic acids is 3. The summed E-state index contributed by atoms with van der Waals surface area (Å²) < 4.78 is 0. The molecule has 2 aliphatic heterocycles. The summed E-state index contributed by atoms with van der Waals surface area (Å²) in [6.45, 7) is 1.51. The normalized spacial score (nSPS) is 23.1. The average molecular weight is 462 g/mol. The molecule has 2 saturated carbocycles. The smallest absolute Gasteiger partial charge is 0.255 e. The fraction of sp³-hybridized carbons (Fsp3) is 0.607. The van der Waals surface area contributed by atoms with Gasteiger partial charge in [-0.2, -0.15) is 0 Å². The molecule has 0 radical (unpaired) electrons. The molecular formula is C28H35N3O3. The van der Waals surface area contributed by atoms with Crippen molar-refractivity contribution in [1.82, 2.24) is 15.5 Å². The van der Waals surface area contributed by atoms with Crippen molar-refractivity contribution in [3.05, 3.63) is 34.9 Å². The Morgan fingerprint density at radius 2 is 1.91 bits per heavy atom. The quantitative estimate of drug-likeness (QED) is 0.352. The van der Waals surface area contributed by atoms with Crippen LogP contribution in [0.3, 0.4) is 0 Å². The van der Waals surface area contributed by atoms with Crippen molar-refractivity contribution in [3.63, 3.8) is 0 Å². The second-order valence-electron chi connectivity index (χ2n) is 10.6. The minimum Gasteiger partial charge on any atom is -0.322 e. The van der Waals surface area contributed by atoms with E-state index in [4.69, 9.17) is 0 Å². The number of piperidine rings is 1. The van der Waals surface area contributed by atoms with Crippen LogP contribution in [0.4, 0.5) is 0 Å². The maximum Gasteiger partial charge on any atom is 0.255 e. The van der Waals surface area contributed by atoms with E-state index in [1.165, 1.54) is 51.4 Å². The minimum absolute atomic E-state index is 0.147. The Morgan fingerprint density at radius 1 is 1.09 bits per heavy atom. The third-order valence-corrected chi connectivity index (χ3v) is 8.24. The lowest BCUT2D eigenvalue weighted by atomic mass is 9.54. The predicted molar refractivity (Wildman–Crippen MR) is 130 cm³/mol. The topological polar surface area (TPSA) is 78.5 Å². The van der Waals surface area contributed by atoms with Crippen molar-refractivity contribution in [2.45, 2.75) is 95.7 Å². The third kappa shape index (κ3) is 4.77. The molecular weight excluding hydrogens is 426 g/mol. The monoisotopic (exact) mass is 461 g/mol. The summed E-state index contributed by atoms with van der Waals surface area (Å²) in [5.41, 5.74) is 3.15. The molecule has 2 N–H and O–H groups in total. The Labute approximate surface area is 202 Å². The van der Waals surface area contributed by atoms with E-state index in [0.29, 0.717) is 18.5 Å². The molecule has 2 heterocycles. The lowest BCUT2D eigenvalue weighted by molar-refractivity contribution is -0.136. The molecule has 4 aliphatic rings. The van der Waals surface area contributed by atoms with Gasteiger partial charge in [0.2, 0.25) is 11.8 Å². The zero-order chi connectivity index (χ0) is 23.5. The molecule has 1 aromatic rings. The molecule has 3 amide bonds. The van der Waals surface area contributed by atoms with Crippen LogP contribution < -0.4 is 10.6 Å². The molecule has 0 bridgehead atoms. The van der Waals surface area contributed by atoms with Crippen LogP contribution in [0.5, 0.6) is 0 Å². The Hall–Kier alpha value is -2.65. The standard InChI is InChI=1S/C28H35N3O3/c32-25-13-12-24(26(33)30-25)31-19-23-20(10-7-11-22(23)27(31)34)9-5-3-1-2-4-6-16-29-21-17-28(18-21)14-8-15-28/h7,10-11,21,24,29H,1-4,6,8,12-19H2,(H,30,32,33). The Bertz CT molecular complexity index is 1030. The number of rotatable bonds is 8. The lowest BCUT2D eigenvalue weighted by Gasteiger charge is -2.54. The Balaban J connectivity index is 1.03. The zero-order valence-corrected chi connectivity index (χ0v) is 20.0. The van der Waals surface area contributed by atoms with Crippen molar-refractivity contribution in [3.8, 4) is 11.8 Å². The first-order valence-corrected chi connectivity index (χ1v) is 13.0. The summed E-state index contributed by atoms with van der Waals surface area (Å²) in [5.74, 6) is 5.75. The number of carbonyl (C=O) groups is 3. The number of imide groups is 1. The highest BCUT2D eigenvalue weighted by atomic mass is 16.2.